The number of benzene rings is 1. The van der Waals surface area contributed by atoms with Crippen LogP contribution in [0.2, 0.25) is 0 Å². The first-order chi connectivity index (χ1) is 12.2. The number of allylic oxidation sites excluding steroid dienone is 1. The average molecular weight is 334 g/mol. The van der Waals surface area contributed by atoms with Crippen LogP contribution >= 0.6 is 0 Å². The molecule has 1 aliphatic rings. The molecule has 3 aromatic rings. The van der Waals surface area contributed by atoms with Gasteiger partial charge in [0.05, 0.1) is 29.8 Å². The summed E-state index contributed by atoms with van der Waals surface area (Å²) in [4.78, 5) is 21.5. The maximum absolute atomic E-state index is 12.6. The maximum Gasteiger partial charge on any atom is 0.338 e. The van der Waals surface area contributed by atoms with Crippen LogP contribution in [-0.4, -0.2) is 27.6 Å². The minimum absolute atomic E-state index is 0.334. The van der Waals surface area contributed by atoms with Gasteiger partial charge in [-0.05, 0) is 30.2 Å². The molecule has 0 spiro atoms. The predicted molar refractivity (Wildman–Crippen MR) is 95.1 cm³/mol. The second kappa shape index (κ2) is 6.05. The van der Waals surface area contributed by atoms with Gasteiger partial charge in [-0.1, -0.05) is 25.1 Å². The molecule has 0 saturated carbocycles. The number of methoxy groups -OCH3 is 1. The zero-order valence-corrected chi connectivity index (χ0v) is 14.1. The Hall–Kier alpha value is -3.15. The van der Waals surface area contributed by atoms with Gasteiger partial charge < -0.3 is 10.1 Å². The molecule has 1 aliphatic heterocycles. The number of hydrogen-bond donors (Lipinski definition) is 1. The molecule has 1 aromatic carbocycles. The Morgan fingerprint density at radius 2 is 2.12 bits per heavy atom. The third-order valence-electron chi connectivity index (χ3n) is 4.47. The summed E-state index contributed by atoms with van der Waals surface area (Å²) < 4.78 is 7.13. The van der Waals surface area contributed by atoms with Crippen molar-refractivity contribution in [2.75, 3.05) is 12.4 Å². The highest BCUT2D eigenvalue weighted by Crippen LogP contribution is 2.39. The van der Waals surface area contributed by atoms with Crippen LogP contribution in [0.1, 0.15) is 24.9 Å². The van der Waals surface area contributed by atoms with E-state index in [0.717, 1.165) is 28.2 Å². The van der Waals surface area contributed by atoms with E-state index in [2.05, 4.69) is 10.3 Å². The number of fused-ring (bicyclic) bond motifs is 3. The van der Waals surface area contributed by atoms with E-state index in [4.69, 9.17) is 9.72 Å². The number of rotatable bonds is 3. The predicted octanol–water partition coefficient (Wildman–Crippen LogP) is 3.28. The molecule has 6 heteroatoms. The molecule has 3 heterocycles. The molecule has 0 fully saturated rings. The number of pyridine rings is 1. The minimum Gasteiger partial charge on any atom is -0.466 e. The molecule has 4 rings (SSSR count). The van der Waals surface area contributed by atoms with Gasteiger partial charge in [-0.3, -0.25) is 9.55 Å². The number of nitrogens with one attached hydrogen (secondary N) is 1. The highest BCUT2D eigenvalue weighted by molar-refractivity contribution is 5.94. The standard InChI is InChI=1S/C19H18N4O2/c1-3-13-16(18(24)25-2)17(12-7-6-10-20-11-12)23-15-9-5-4-8-14(15)22-19(23)21-13/h4-11,17H,3H2,1-2H3,(H,21,22)/t17-/m0/s1. The van der Waals surface area contributed by atoms with E-state index in [-0.39, 0.29) is 12.0 Å². The maximum atomic E-state index is 12.6. The summed E-state index contributed by atoms with van der Waals surface area (Å²) in [6.45, 7) is 2.00. The van der Waals surface area contributed by atoms with Crippen LogP contribution in [0.25, 0.3) is 11.0 Å². The van der Waals surface area contributed by atoms with E-state index < -0.39 is 0 Å². The first kappa shape index (κ1) is 15.4. The molecule has 1 N–H and O–H groups in total. The summed E-state index contributed by atoms with van der Waals surface area (Å²) in [5, 5.41) is 3.31. The van der Waals surface area contributed by atoms with E-state index in [1.165, 1.54) is 7.11 Å². The number of carbonyl (C=O) groups excluding carboxylic acids is 1. The highest BCUT2D eigenvalue weighted by Gasteiger charge is 2.35. The normalized spacial score (nSPS) is 16.5. The number of para-hydroxylation sites is 2. The number of anilines is 1. The van der Waals surface area contributed by atoms with Gasteiger partial charge in [-0.25, -0.2) is 9.78 Å². The summed E-state index contributed by atoms with van der Waals surface area (Å²) >= 11 is 0. The van der Waals surface area contributed by atoms with Crippen LogP contribution in [-0.2, 0) is 9.53 Å². The highest BCUT2D eigenvalue weighted by atomic mass is 16.5. The molecule has 0 saturated heterocycles. The zero-order valence-electron chi connectivity index (χ0n) is 14.1. The van der Waals surface area contributed by atoms with Crippen molar-refractivity contribution < 1.29 is 9.53 Å². The van der Waals surface area contributed by atoms with Crippen molar-refractivity contribution in [1.82, 2.24) is 14.5 Å². The summed E-state index contributed by atoms with van der Waals surface area (Å²) in [7, 11) is 1.41. The number of nitrogens with zero attached hydrogens (tertiary/aromatic N) is 3. The summed E-state index contributed by atoms with van der Waals surface area (Å²) in [5.74, 6) is 0.376. The van der Waals surface area contributed by atoms with Gasteiger partial charge >= 0.3 is 5.97 Å². The largest absolute Gasteiger partial charge is 0.466 e. The van der Waals surface area contributed by atoms with Crippen LogP contribution in [0.15, 0.2) is 60.1 Å². The molecule has 0 amide bonds. The van der Waals surface area contributed by atoms with Crippen LogP contribution < -0.4 is 5.32 Å². The van der Waals surface area contributed by atoms with Crippen molar-refractivity contribution in [2.45, 2.75) is 19.4 Å². The quantitative estimate of drug-likeness (QED) is 0.745. The molecule has 2 aromatic heterocycles. The first-order valence-electron chi connectivity index (χ1n) is 8.19. The topological polar surface area (TPSA) is 69.0 Å². The Bertz CT molecular complexity index is 976. The molecule has 6 nitrogen and oxygen atoms in total. The van der Waals surface area contributed by atoms with Gasteiger partial charge in [-0.2, -0.15) is 0 Å². The number of aromatic nitrogens is 3. The molecule has 25 heavy (non-hydrogen) atoms. The van der Waals surface area contributed by atoms with E-state index >= 15 is 0 Å². The fourth-order valence-electron chi connectivity index (χ4n) is 3.37. The van der Waals surface area contributed by atoms with Crippen molar-refractivity contribution in [3.63, 3.8) is 0 Å². The van der Waals surface area contributed by atoms with E-state index in [0.29, 0.717) is 12.0 Å². The van der Waals surface area contributed by atoms with Crippen molar-refractivity contribution in [1.29, 1.82) is 0 Å². The Morgan fingerprint density at radius 1 is 1.28 bits per heavy atom. The third kappa shape index (κ3) is 2.38. The Labute approximate surface area is 145 Å². The summed E-state index contributed by atoms with van der Waals surface area (Å²) in [5.41, 5.74) is 4.16. The van der Waals surface area contributed by atoms with Crippen LogP contribution in [0, 0.1) is 0 Å². The van der Waals surface area contributed by atoms with Crippen LogP contribution in [0.5, 0.6) is 0 Å². The first-order valence-corrected chi connectivity index (χ1v) is 8.19. The van der Waals surface area contributed by atoms with Gasteiger partial charge in [0.15, 0.2) is 0 Å². The van der Waals surface area contributed by atoms with Crippen molar-refractivity contribution in [3.8, 4) is 0 Å². The molecular weight excluding hydrogens is 316 g/mol. The van der Waals surface area contributed by atoms with Gasteiger partial charge in [0.1, 0.15) is 0 Å². The third-order valence-corrected chi connectivity index (χ3v) is 4.47. The fourth-order valence-corrected chi connectivity index (χ4v) is 3.37. The molecule has 126 valence electrons. The summed E-state index contributed by atoms with van der Waals surface area (Å²) in [6, 6.07) is 11.4. The van der Waals surface area contributed by atoms with E-state index in [1.54, 1.807) is 12.4 Å². The zero-order chi connectivity index (χ0) is 17.4. The number of imidazole rings is 1. The lowest BCUT2D eigenvalue weighted by Gasteiger charge is -2.30. The monoisotopic (exact) mass is 334 g/mol. The molecule has 1 atom stereocenters. The molecule has 0 bridgehead atoms. The molecule has 0 aliphatic carbocycles. The molecule has 0 unspecified atom stereocenters. The van der Waals surface area contributed by atoms with Gasteiger partial charge in [0.2, 0.25) is 5.95 Å². The Morgan fingerprint density at radius 3 is 2.84 bits per heavy atom. The number of hydrogen-bond acceptors (Lipinski definition) is 5. The van der Waals surface area contributed by atoms with Gasteiger partial charge in [-0.15, -0.1) is 0 Å². The van der Waals surface area contributed by atoms with Crippen molar-refractivity contribution >= 4 is 23.0 Å². The van der Waals surface area contributed by atoms with Crippen LogP contribution in [0.3, 0.4) is 0 Å². The number of ether oxygens (including phenoxy) is 1. The van der Waals surface area contributed by atoms with Gasteiger partial charge in [0.25, 0.3) is 0 Å². The minimum atomic E-state index is -0.346. The van der Waals surface area contributed by atoms with Crippen molar-refractivity contribution in [3.05, 3.63) is 65.6 Å². The number of carbonyl (C=O) groups is 1. The molecular formula is C19H18N4O2. The lowest BCUT2D eigenvalue weighted by Crippen LogP contribution is -2.29. The Balaban J connectivity index is 2.03. The lowest BCUT2D eigenvalue weighted by atomic mass is 9.95. The van der Waals surface area contributed by atoms with E-state index in [1.807, 2.05) is 47.9 Å². The van der Waals surface area contributed by atoms with Gasteiger partial charge in [0, 0.05) is 18.1 Å². The SMILES string of the molecule is CCC1=C(C(=O)OC)[C@H](c2cccnc2)n2c(nc3ccccc32)N1. The smallest absolute Gasteiger partial charge is 0.338 e. The van der Waals surface area contributed by atoms with Crippen LogP contribution in [0.4, 0.5) is 5.95 Å². The Kier molecular flexibility index (Phi) is 3.72. The van der Waals surface area contributed by atoms with Crippen molar-refractivity contribution in [2.24, 2.45) is 0 Å². The number of esters is 1. The second-order valence-electron chi connectivity index (χ2n) is 5.85. The van der Waals surface area contributed by atoms with E-state index in [9.17, 15) is 4.79 Å². The molecule has 0 radical (unpaired) electrons. The summed E-state index contributed by atoms with van der Waals surface area (Å²) in [6.07, 6.45) is 4.18. The average Bonchev–Trinajstić information content (AvgIpc) is 3.04. The second-order valence-corrected chi connectivity index (χ2v) is 5.85. The fraction of sp³-hybridized carbons (Fsp3) is 0.211. The lowest BCUT2D eigenvalue weighted by molar-refractivity contribution is -0.136.